The summed E-state index contributed by atoms with van der Waals surface area (Å²) < 4.78 is 0. The van der Waals surface area contributed by atoms with Gasteiger partial charge in [-0.15, -0.1) is 0 Å². The molecule has 0 radical (unpaired) electrons. The predicted molar refractivity (Wildman–Crippen MR) is 74.8 cm³/mol. The molecule has 1 fully saturated rings. The minimum absolute atomic E-state index is 0.535. The van der Waals surface area contributed by atoms with Crippen LogP contribution in [-0.4, -0.2) is 37.1 Å². The van der Waals surface area contributed by atoms with Crippen LogP contribution in [0.3, 0.4) is 0 Å². The average Bonchev–Trinajstić information content (AvgIpc) is 2.25. The van der Waals surface area contributed by atoms with Crippen molar-refractivity contribution in [3.8, 4) is 0 Å². The number of hydrogen-bond acceptors (Lipinski definition) is 3. The molecule has 0 spiro atoms. The van der Waals surface area contributed by atoms with Crippen molar-refractivity contribution in [2.24, 2.45) is 0 Å². The fraction of sp³-hybridized carbons (Fsp3) is 0.538. The van der Waals surface area contributed by atoms with Gasteiger partial charge in [-0.05, 0) is 39.1 Å². The van der Waals surface area contributed by atoms with Crippen molar-refractivity contribution in [2.45, 2.75) is 25.9 Å². The SMILES string of the molecule is C[C@@H]1CN(c2ccc(N)cc2Cl)C[C@H](C)N1C. The minimum Gasteiger partial charge on any atom is -0.399 e. The third-order valence-electron chi connectivity index (χ3n) is 3.67. The highest BCUT2D eigenvalue weighted by Crippen LogP contribution is 2.30. The van der Waals surface area contributed by atoms with Crippen molar-refractivity contribution in [3.63, 3.8) is 0 Å². The molecule has 1 aromatic carbocycles. The summed E-state index contributed by atoms with van der Waals surface area (Å²) in [5.41, 5.74) is 7.53. The second-order valence-electron chi connectivity index (χ2n) is 4.98. The first-order chi connectivity index (χ1) is 7.99. The maximum atomic E-state index is 6.26. The molecule has 1 aliphatic rings. The van der Waals surface area contributed by atoms with Crippen LogP contribution in [0.2, 0.25) is 5.02 Å². The van der Waals surface area contributed by atoms with Crippen LogP contribution >= 0.6 is 11.6 Å². The third kappa shape index (κ3) is 2.50. The Bertz CT molecular complexity index is 396. The Balaban J connectivity index is 2.23. The molecule has 0 unspecified atom stereocenters. The van der Waals surface area contributed by atoms with E-state index in [9.17, 15) is 0 Å². The Morgan fingerprint density at radius 1 is 1.24 bits per heavy atom. The number of nitrogens with two attached hydrogens (primary N) is 1. The Morgan fingerprint density at radius 2 is 1.82 bits per heavy atom. The van der Waals surface area contributed by atoms with E-state index in [2.05, 4.69) is 30.7 Å². The molecule has 3 nitrogen and oxygen atoms in total. The number of hydrogen-bond donors (Lipinski definition) is 1. The van der Waals surface area contributed by atoms with Gasteiger partial charge in [0.1, 0.15) is 0 Å². The molecule has 1 heterocycles. The minimum atomic E-state index is 0.535. The van der Waals surface area contributed by atoms with Gasteiger partial charge >= 0.3 is 0 Å². The first-order valence-corrected chi connectivity index (χ1v) is 6.38. The van der Waals surface area contributed by atoms with E-state index in [1.165, 1.54) is 0 Å². The molecule has 1 saturated heterocycles. The van der Waals surface area contributed by atoms with E-state index in [0.29, 0.717) is 17.8 Å². The van der Waals surface area contributed by atoms with Crippen molar-refractivity contribution in [1.82, 2.24) is 4.90 Å². The van der Waals surface area contributed by atoms with Crippen LogP contribution in [0.5, 0.6) is 0 Å². The summed E-state index contributed by atoms with van der Waals surface area (Å²) in [5, 5.41) is 0.744. The lowest BCUT2D eigenvalue weighted by Gasteiger charge is -2.43. The van der Waals surface area contributed by atoms with E-state index < -0.39 is 0 Å². The molecule has 0 bridgehead atoms. The lowest BCUT2D eigenvalue weighted by molar-refractivity contribution is 0.170. The summed E-state index contributed by atoms with van der Waals surface area (Å²) in [6.07, 6.45) is 0. The van der Waals surface area contributed by atoms with Crippen molar-refractivity contribution in [1.29, 1.82) is 0 Å². The first-order valence-electron chi connectivity index (χ1n) is 6.01. The molecule has 0 aliphatic carbocycles. The van der Waals surface area contributed by atoms with Crippen LogP contribution in [0.1, 0.15) is 13.8 Å². The van der Waals surface area contributed by atoms with Crippen molar-refractivity contribution in [3.05, 3.63) is 23.2 Å². The van der Waals surface area contributed by atoms with Crippen LogP contribution in [-0.2, 0) is 0 Å². The Hall–Kier alpha value is -0.930. The Kier molecular flexibility index (Phi) is 3.50. The van der Waals surface area contributed by atoms with Crippen LogP contribution in [0.15, 0.2) is 18.2 Å². The Morgan fingerprint density at radius 3 is 2.35 bits per heavy atom. The van der Waals surface area contributed by atoms with Gasteiger partial charge in [-0.2, -0.15) is 0 Å². The average molecular weight is 254 g/mol. The molecule has 2 rings (SSSR count). The van der Waals surface area contributed by atoms with E-state index in [0.717, 1.165) is 23.8 Å². The molecular weight excluding hydrogens is 234 g/mol. The van der Waals surface area contributed by atoms with Gasteiger partial charge in [0.25, 0.3) is 0 Å². The molecule has 0 aromatic heterocycles. The molecule has 0 saturated carbocycles. The molecule has 1 aromatic rings. The standard InChI is InChI=1S/C13H20ClN3/c1-9-7-17(8-10(2)16(9)3)13-5-4-11(15)6-12(13)14/h4-6,9-10H,7-8,15H2,1-3H3/t9-,10+. The fourth-order valence-corrected chi connectivity index (χ4v) is 2.69. The summed E-state index contributed by atoms with van der Waals surface area (Å²) in [6.45, 7) is 6.50. The molecule has 2 atom stereocenters. The summed E-state index contributed by atoms with van der Waals surface area (Å²) in [4.78, 5) is 4.75. The lowest BCUT2D eigenvalue weighted by Crippen LogP contribution is -2.55. The Labute approximate surface area is 108 Å². The molecular formula is C13H20ClN3. The van der Waals surface area contributed by atoms with Gasteiger partial charge in [-0.1, -0.05) is 11.6 Å². The maximum Gasteiger partial charge on any atom is 0.0660 e. The van der Waals surface area contributed by atoms with Crippen molar-refractivity contribution < 1.29 is 0 Å². The van der Waals surface area contributed by atoms with E-state index in [1.54, 1.807) is 0 Å². The van der Waals surface area contributed by atoms with Gasteiger partial charge in [0.15, 0.2) is 0 Å². The molecule has 17 heavy (non-hydrogen) atoms. The third-order valence-corrected chi connectivity index (χ3v) is 3.97. The van der Waals surface area contributed by atoms with Gasteiger partial charge in [0.05, 0.1) is 10.7 Å². The summed E-state index contributed by atoms with van der Waals surface area (Å²) >= 11 is 6.26. The number of rotatable bonds is 1. The number of piperazine rings is 1. The number of benzene rings is 1. The van der Waals surface area contributed by atoms with Gasteiger partial charge in [0.2, 0.25) is 0 Å². The van der Waals surface area contributed by atoms with E-state index in [4.69, 9.17) is 17.3 Å². The van der Waals surface area contributed by atoms with E-state index in [-0.39, 0.29) is 0 Å². The molecule has 94 valence electrons. The number of halogens is 1. The largest absolute Gasteiger partial charge is 0.399 e. The van der Waals surface area contributed by atoms with Gasteiger partial charge in [0, 0.05) is 30.9 Å². The van der Waals surface area contributed by atoms with Gasteiger partial charge < -0.3 is 10.6 Å². The summed E-state index contributed by atoms with van der Waals surface area (Å²) in [6, 6.07) is 6.82. The second kappa shape index (κ2) is 4.75. The summed E-state index contributed by atoms with van der Waals surface area (Å²) in [7, 11) is 2.18. The molecule has 0 amide bonds. The summed E-state index contributed by atoms with van der Waals surface area (Å²) in [5.74, 6) is 0. The predicted octanol–water partition coefficient (Wildman–Crippen LogP) is 2.45. The highest BCUT2D eigenvalue weighted by molar-refractivity contribution is 6.33. The zero-order valence-electron chi connectivity index (χ0n) is 10.7. The normalized spacial score (nSPS) is 26.2. The highest BCUT2D eigenvalue weighted by atomic mass is 35.5. The monoisotopic (exact) mass is 253 g/mol. The second-order valence-corrected chi connectivity index (χ2v) is 5.39. The highest BCUT2D eigenvalue weighted by Gasteiger charge is 2.27. The topological polar surface area (TPSA) is 32.5 Å². The number of likely N-dealkylation sites (N-methyl/N-ethyl adjacent to an activating group) is 1. The molecule has 4 heteroatoms. The van der Waals surface area contributed by atoms with E-state index >= 15 is 0 Å². The van der Waals surface area contributed by atoms with Crippen molar-refractivity contribution >= 4 is 23.0 Å². The van der Waals surface area contributed by atoms with Gasteiger partial charge in [-0.3, -0.25) is 4.90 Å². The van der Waals surface area contributed by atoms with Crippen LogP contribution in [0.25, 0.3) is 0 Å². The quantitative estimate of drug-likeness (QED) is 0.781. The van der Waals surface area contributed by atoms with Crippen LogP contribution in [0.4, 0.5) is 11.4 Å². The fourth-order valence-electron chi connectivity index (χ4n) is 2.38. The van der Waals surface area contributed by atoms with Crippen LogP contribution < -0.4 is 10.6 Å². The van der Waals surface area contributed by atoms with Gasteiger partial charge in [-0.25, -0.2) is 0 Å². The van der Waals surface area contributed by atoms with E-state index in [1.807, 2.05) is 18.2 Å². The van der Waals surface area contributed by atoms with Crippen molar-refractivity contribution in [2.75, 3.05) is 30.8 Å². The lowest BCUT2D eigenvalue weighted by atomic mass is 10.1. The number of nitrogen functional groups attached to an aromatic ring is 1. The zero-order valence-corrected chi connectivity index (χ0v) is 11.4. The zero-order chi connectivity index (χ0) is 12.6. The number of anilines is 2. The first kappa shape index (κ1) is 12.5. The van der Waals surface area contributed by atoms with Crippen LogP contribution in [0, 0.1) is 0 Å². The molecule has 2 N–H and O–H groups in total. The molecule has 1 aliphatic heterocycles. The smallest absolute Gasteiger partial charge is 0.0660 e. The number of nitrogens with zero attached hydrogens (tertiary/aromatic N) is 2. The maximum absolute atomic E-state index is 6.26.